The van der Waals surface area contributed by atoms with Crippen molar-refractivity contribution in [2.75, 3.05) is 13.2 Å². The lowest BCUT2D eigenvalue weighted by Gasteiger charge is -2.22. The Morgan fingerprint density at radius 3 is 2.88 bits per heavy atom. The van der Waals surface area contributed by atoms with Gasteiger partial charge in [0.25, 0.3) is 0 Å². The van der Waals surface area contributed by atoms with Crippen molar-refractivity contribution in [2.24, 2.45) is 0 Å². The topological polar surface area (TPSA) is 36.4 Å². The van der Waals surface area contributed by atoms with E-state index in [2.05, 4.69) is 22.9 Å². The van der Waals surface area contributed by atoms with Gasteiger partial charge < -0.3 is 5.11 Å². The number of hydrogen-bond acceptors (Lipinski definition) is 3. The summed E-state index contributed by atoms with van der Waals surface area (Å²) in [6, 6.07) is 4.88. The monoisotopic (exact) mass is 234 g/mol. The van der Waals surface area contributed by atoms with Crippen LogP contribution in [0.4, 0.5) is 0 Å². The largest absolute Gasteiger partial charge is 0.396 e. The van der Waals surface area contributed by atoms with Crippen LogP contribution in [-0.4, -0.2) is 34.2 Å². The number of aryl methyl sites for hydroxylation is 1. The van der Waals surface area contributed by atoms with Crippen molar-refractivity contribution in [1.82, 2.24) is 9.88 Å². The first-order valence-electron chi connectivity index (χ1n) is 6.56. The predicted octanol–water partition coefficient (Wildman–Crippen LogP) is 2.13. The highest BCUT2D eigenvalue weighted by Crippen LogP contribution is 2.28. The molecule has 3 heteroatoms. The summed E-state index contributed by atoms with van der Waals surface area (Å²) in [5.74, 6) is 0. The summed E-state index contributed by atoms with van der Waals surface area (Å²) in [5, 5.41) is 8.84. The van der Waals surface area contributed by atoms with E-state index in [1.54, 1.807) is 0 Å². The Balaban J connectivity index is 1.91. The zero-order valence-electron chi connectivity index (χ0n) is 10.6. The van der Waals surface area contributed by atoms with Crippen LogP contribution in [0, 0.1) is 6.92 Å². The maximum absolute atomic E-state index is 8.84. The summed E-state index contributed by atoms with van der Waals surface area (Å²) in [4.78, 5) is 6.98. The summed E-state index contributed by atoms with van der Waals surface area (Å²) < 4.78 is 0. The summed E-state index contributed by atoms with van der Waals surface area (Å²) in [6.45, 7) is 4.48. The standard InChI is InChI=1S/C14H22N2O/c1-12-5-4-8-15-14(12)11-16(13-6-7-13)9-2-3-10-17/h4-5,8,13,17H,2-3,6-7,9-11H2,1H3. The molecule has 1 aromatic heterocycles. The van der Waals surface area contributed by atoms with Gasteiger partial charge in [-0.2, -0.15) is 0 Å². The zero-order valence-corrected chi connectivity index (χ0v) is 10.6. The summed E-state index contributed by atoms with van der Waals surface area (Å²) in [7, 11) is 0. The zero-order chi connectivity index (χ0) is 12.1. The fourth-order valence-electron chi connectivity index (χ4n) is 2.13. The second kappa shape index (κ2) is 6.12. The maximum Gasteiger partial charge on any atom is 0.0573 e. The third kappa shape index (κ3) is 3.79. The van der Waals surface area contributed by atoms with Crippen molar-refractivity contribution in [1.29, 1.82) is 0 Å². The molecule has 0 radical (unpaired) electrons. The van der Waals surface area contributed by atoms with Gasteiger partial charge in [-0.3, -0.25) is 9.88 Å². The minimum Gasteiger partial charge on any atom is -0.396 e. The molecule has 0 aliphatic heterocycles. The number of hydrogen-bond donors (Lipinski definition) is 1. The Bertz CT molecular complexity index is 350. The first-order chi connectivity index (χ1) is 8.31. The Morgan fingerprint density at radius 2 is 2.24 bits per heavy atom. The van der Waals surface area contributed by atoms with Crippen LogP contribution in [0.2, 0.25) is 0 Å². The number of aliphatic hydroxyl groups excluding tert-OH is 1. The van der Waals surface area contributed by atoms with Gasteiger partial charge in [-0.15, -0.1) is 0 Å². The molecule has 1 aliphatic carbocycles. The molecule has 1 saturated carbocycles. The van der Waals surface area contributed by atoms with E-state index in [1.807, 2.05) is 12.3 Å². The van der Waals surface area contributed by atoms with Crippen LogP contribution in [0.15, 0.2) is 18.3 Å². The van der Waals surface area contributed by atoms with Gasteiger partial charge in [0.05, 0.1) is 5.69 Å². The Hall–Kier alpha value is -0.930. The van der Waals surface area contributed by atoms with Crippen LogP contribution in [0.25, 0.3) is 0 Å². The fourth-order valence-corrected chi connectivity index (χ4v) is 2.13. The molecule has 0 bridgehead atoms. The highest BCUT2D eigenvalue weighted by molar-refractivity contribution is 5.17. The molecule has 0 unspecified atom stereocenters. The minimum atomic E-state index is 0.307. The normalized spacial score (nSPS) is 15.5. The average Bonchev–Trinajstić information content (AvgIpc) is 3.15. The lowest BCUT2D eigenvalue weighted by Crippen LogP contribution is -2.27. The fraction of sp³-hybridized carbons (Fsp3) is 0.643. The Morgan fingerprint density at radius 1 is 1.41 bits per heavy atom. The highest BCUT2D eigenvalue weighted by atomic mass is 16.2. The van der Waals surface area contributed by atoms with E-state index in [9.17, 15) is 0 Å². The van der Waals surface area contributed by atoms with E-state index in [1.165, 1.54) is 24.1 Å². The smallest absolute Gasteiger partial charge is 0.0573 e. The van der Waals surface area contributed by atoms with E-state index in [0.29, 0.717) is 6.61 Å². The molecule has 1 aromatic rings. The summed E-state index contributed by atoms with van der Waals surface area (Å²) in [5.41, 5.74) is 2.48. The molecule has 1 N–H and O–H groups in total. The van der Waals surface area contributed by atoms with Crippen LogP contribution in [0.3, 0.4) is 0 Å². The van der Waals surface area contributed by atoms with E-state index in [-0.39, 0.29) is 0 Å². The molecular formula is C14H22N2O. The van der Waals surface area contributed by atoms with Gasteiger partial charge in [0.15, 0.2) is 0 Å². The van der Waals surface area contributed by atoms with Gasteiger partial charge in [-0.05, 0) is 50.8 Å². The molecule has 0 aromatic carbocycles. The molecule has 0 amide bonds. The van der Waals surface area contributed by atoms with Crippen LogP contribution in [0.1, 0.15) is 36.9 Å². The molecule has 1 aliphatic rings. The lowest BCUT2D eigenvalue weighted by molar-refractivity contribution is 0.226. The molecule has 0 atom stereocenters. The molecule has 0 saturated heterocycles. The lowest BCUT2D eigenvalue weighted by atomic mass is 10.2. The molecule has 17 heavy (non-hydrogen) atoms. The molecule has 94 valence electrons. The first kappa shape index (κ1) is 12.5. The number of aromatic nitrogens is 1. The van der Waals surface area contributed by atoms with E-state index in [4.69, 9.17) is 5.11 Å². The third-order valence-corrected chi connectivity index (χ3v) is 3.39. The van der Waals surface area contributed by atoms with Crippen LogP contribution >= 0.6 is 0 Å². The van der Waals surface area contributed by atoms with E-state index >= 15 is 0 Å². The second-order valence-electron chi connectivity index (χ2n) is 4.90. The van der Waals surface area contributed by atoms with Gasteiger partial charge in [0.1, 0.15) is 0 Å². The first-order valence-corrected chi connectivity index (χ1v) is 6.56. The van der Waals surface area contributed by atoms with Crippen molar-refractivity contribution in [3.63, 3.8) is 0 Å². The molecule has 3 nitrogen and oxygen atoms in total. The second-order valence-corrected chi connectivity index (χ2v) is 4.90. The quantitative estimate of drug-likeness (QED) is 0.734. The Labute approximate surface area is 103 Å². The molecule has 2 rings (SSSR count). The van der Waals surface area contributed by atoms with E-state index < -0.39 is 0 Å². The number of pyridine rings is 1. The summed E-state index contributed by atoms with van der Waals surface area (Å²) in [6.07, 6.45) is 6.51. The van der Waals surface area contributed by atoms with Crippen LogP contribution < -0.4 is 0 Å². The van der Waals surface area contributed by atoms with Crippen molar-refractivity contribution in [3.8, 4) is 0 Å². The van der Waals surface area contributed by atoms with Gasteiger partial charge in [0, 0.05) is 25.4 Å². The van der Waals surface area contributed by atoms with Crippen molar-refractivity contribution in [3.05, 3.63) is 29.6 Å². The highest BCUT2D eigenvalue weighted by Gasteiger charge is 2.28. The molecule has 1 heterocycles. The maximum atomic E-state index is 8.84. The van der Waals surface area contributed by atoms with Crippen LogP contribution in [-0.2, 0) is 6.54 Å². The van der Waals surface area contributed by atoms with Gasteiger partial charge in [-0.1, -0.05) is 6.07 Å². The molecule has 0 spiro atoms. The number of rotatable bonds is 7. The van der Waals surface area contributed by atoms with Crippen molar-refractivity contribution < 1.29 is 5.11 Å². The average molecular weight is 234 g/mol. The van der Waals surface area contributed by atoms with Crippen molar-refractivity contribution >= 4 is 0 Å². The van der Waals surface area contributed by atoms with Crippen LogP contribution in [0.5, 0.6) is 0 Å². The third-order valence-electron chi connectivity index (χ3n) is 3.39. The number of unbranched alkanes of at least 4 members (excludes halogenated alkanes) is 1. The van der Waals surface area contributed by atoms with Gasteiger partial charge in [-0.25, -0.2) is 0 Å². The van der Waals surface area contributed by atoms with Crippen molar-refractivity contribution in [2.45, 2.75) is 45.2 Å². The summed E-state index contributed by atoms with van der Waals surface area (Å²) >= 11 is 0. The van der Waals surface area contributed by atoms with E-state index in [0.717, 1.165) is 32.0 Å². The molecule has 1 fully saturated rings. The predicted molar refractivity (Wildman–Crippen MR) is 68.7 cm³/mol. The minimum absolute atomic E-state index is 0.307. The van der Waals surface area contributed by atoms with Gasteiger partial charge >= 0.3 is 0 Å². The number of nitrogens with zero attached hydrogens (tertiary/aromatic N) is 2. The SMILES string of the molecule is Cc1cccnc1CN(CCCCO)C1CC1. The van der Waals surface area contributed by atoms with Gasteiger partial charge in [0.2, 0.25) is 0 Å². The number of aliphatic hydroxyl groups is 1. The Kier molecular flexibility index (Phi) is 4.51. The molecular weight excluding hydrogens is 212 g/mol.